The van der Waals surface area contributed by atoms with Gasteiger partial charge < -0.3 is 5.32 Å². The Morgan fingerprint density at radius 1 is 1.33 bits per heavy atom. The summed E-state index contributed by atoms with van der Waals surface area (Å²) in [5.74, 6) is 1.14. The van der Waals surface area contributed by atoms with Crippen molar-refractivity contribution in [1.29, 1.82) is 0 Å². The largest absolute Gasteiger partial charge is 0.358 e. The lowest BCUT2D eigenvalue weighted by Crippen LogP contribution is -2.23. The van der Waals surface area contributed by atoms with Gasteiger partial charge in [-0.3, -0.25) is 4.99 Å². The van der Waals surface area contributed by atoms with Gasteiger partial charge in [0, 0.05) is 5.75 Å². The molecule has 1 unspecified atom stereocenters. The zero-order valence-corrected chi connectivity index (χ0v) is 9.39. The summed E-state index contributed by atoms with van der Waals surface area (Å²) >= 11 is 1.84. The Bertz CT molecular complexity index is 400. The fourth-order valence-electron chi connectivity index (χ4n) is 2.28. The molecular formula is C12H14N2S. The van der Waals surface area contributed by atoms with Crippen LogP contribution in [0.5, 0.6) is 0 Å². The minimum Gasteiger partial charge on any atom is -0.358 e. The fourth-order valence-corrected chi connectivity index (χ4v) is 3.06. The van der Waals surface area contributed by atoms with Crippen LogP contribution < -0.4 is 5.32 Å². The molecule has 0 bridgehead atoms. The number of benzene rings is 1. The van der Waals surface area contributed by atoms with Crippen LogP contribution in [0.1, 0.15) is 23.6 Å². The van der Waals surface area contributed by atoms with Gasteiger partial charge in [-0.05, 0) is 24.0 Å². The average Bonchev–Trinajstić information content (AvgIpc) is 2.89. The summed E-state index contributed by atoms with van der Waals surface area (Å²) in [6.07, 6.45) is 2.41. The molecule has 0 radical (unpaired) electrons. The van der Waals surface area contributed by atoms with Crippen LogP contribution in [0.2, 0.25) is 0 Å². The minimum absolute atomic E-state index is 0.491. The van der Waals surface area contributed by atoms with E-state index in [0.29, 0.717) is 6.04 Å². The zero-order valence-electron chi connectivity index (χ0n) is 8.57. The van der Waals surface area contributed by atoms with Crippen LogP contribution in [0.15, 0.2) is 29.3 Å². The van der Waals surface area contributed by atoms with Gasteiger partial charge in [0.2, 0.25) is 0 Å². The van der Waals surface area contributed by atoms with Gasteiger partial charge in [0.25, 0.3) is 0 Å². The van der Waals surface area contributed by atoms with Crippen molar-refractivity contribution in [3.05, 3.63) is 35.4 Å². The zero-order chi connectivity index (χ0) is 10.1. The number of amidine groups is 1. The third kappa shape index (κ3) is 1.76. The quantitative estimate of drug-likeness (QED) is 0.782. The Balaban J connectivity index is 1.79. The number of hydrogen-bond acceptors (Lipinski definition) is 3. The van der Waals surface area contributed by atoms with Crippen molar-refractivity contribution in [2.75, 3.05) is 12.3 Å². The highest BCUT2D eigenvalue weighted by molar-refractivity contribution is 8.14. The molecule has 3 rings (SSSR count). The normalized spacial score (nSPS) is 23.7. The summed E-state index contributed by atoms with van der Waals surface area (Å²) in [6.45, 7) is 0.974. The van der Waals surface area contributed by atoms with Crippen molar-refractivity contribution in [3.63, 3.8) is 0 Å². The van der Waals surface area contributed by atoms with Crippen molar-refractivity contribution in [3.8, 4) is 0 Å². The molecule has 0 fully saturated rings. The lowest BCUT2D eigenvalue weighted by Gasteiger charge is -2.14. The second-order valence-electron chi connectivity index (χ2n) is 3.97. The van der Waals surface area contributed by atoms with Crippen LogP contribution in [-0.4, -0.2) is 17.5 Å². The van der Waals surface area contributed by atoms with Gasteiger partial charge in [-0.1, -0.05) is 36.0 Å². The summed E-state index contributed by atoms with van der Waals surface area (Å²) in [6, 6.07) is 9.22. The molecule has 1 aliphatic carbocycles. The van der Waals surface area contributed by atoms with E-state index in [1.54, 1.807) is 0 Å². The highest BCUT2D eigenvalue weighted by Gasteiger charge is 2.23. The summed E-state index contributed by atoms with van der Waals surface area (Å²) in [5, 5.41) is 4.68. The Morgan fingerprint density at radius 3 is 3.13 bits per heavy atom. The Kier molecular flexibility index (Phi) is 2.41. The van der Waals surface area contributed by atoms with Crippen molar-refractivity contribution in [1.82, 2.24) is 5.32 Å². The van der Waals surface area contributed by atoms with Gasteiger partial charge in [-0.2, -0.15) is 0 Å². The van der Waals surface area contributed by atoms with Gasteiger partial charge >= 0.3 is 0 Å². The lowest BCUT2D eigenvalue weighted by atomic mass is 10.1. The number of hydrogen-bond donors (Lipinski definition) is 1. The number of aryl methyl sites for hydroxylation is 1. The van der Waals surface area contributed by atoms with Crippen LogP contribution >= 0.6 is 11.8 Å². The highest BCUT2D eigenvalue weighted by Crippen LogP contribution is 2.31. The standard InChI is InChI=1S/C12H14N2S/c1-2-4-10-9(3-1)5-6-11(10)14-12-13-7-8-15-12/h1-4,11H,5-8H2,(H,13,14). The second kappa shape index (κ2) is 3.89. The SMILES string of the molecule is c1ccc2c(c1)CCC2NC1=NCCS1. The van der Waals surface area contributed by atoms with Gasteiger partial charge in [-0.15, -0.1) is 0 Å². The molecule has 0 saturated carbocycles. The van der Waals surface area contributed by atoms with E-state index in [0.717, 1.165) is 17.5 Å². The monoisotopic (exact) mass is 218 g/mol. The van der Waals surface area contributed by atoms with Crippen LogP contribution in [-0.2, 0) is 6.42 Å². The average molecular weight is 218 g/mol. The molecule has 0 spiro atoms. The molecule has 1 aliphatic heterocycles. The Hall–Kier alpha value is -0.960. The van der Waals surface area contributed by atoms with Crippen LogP contribution in [0.4, 0.5) is 0 Å². The summed E-state index contributed by atoms with van der Waals surface area (Å²) in [4.78, 5) is 4.44. The molecule has 0 saturated heterocycles. The summed E-state index contributed by atoms with van der Waals surface area (Å²) < 4.78 is 0. The van der Waals surface area contributed by atoms with Gasteiger partial charge in [0.15, 0.2) is 5.17 Å². The first kappa shape index (κ1) is 9.28. The molecule has 2 nitrogen and oxygen atoms in total. The third-order valence-corrected chi connectivity index (χ3v) is 3.92. The van der Waals surface area contributed by atoms with E-state index in [2.05, 4.69) is 34.6 Å². The maximum atomic E-state index is 4.44. The van der Waals surface area contributed by atoms with Crippen LogP contribution in [0.3, 0.4) is 0 Å². The first-order valence-electron chi connectivity index (χ1n) is 5.45. The molecule has 1 aromatic carbocycles. The maximum Gasteiger partial charge on any atom is 0.157 e. The summed E-state index contributed by atoms with van der Waals surface area (Å²) in [7, 11) is 0. The first-order valence-corrected chi connectivity index (χ1v) is 6.43. The predicted octanol–water partition coefficient (Wildman–Crippen LogP) is 2.37. The number of fused-ring (bicyclic) bond motifs is 1. The number of nitrogens with one attached hydrogen (secondary N) is 1. The van der Waals surface area contributed by atoms with Crippen molar-refractivity contribution >= 4 is 16.9 Å². The molecule has 3 heteroatoms. The smallest absolute Gasteiger partial charge is 0.157 e. The molecule has 0 aromatic heterocycles. The maximum absolute atomic E-state index is 4.44. The number of rotatable bonds is 1. The van der Waals surface area contributed by atoms with E-state index in [4.69, 9.17) is 0 Å². The van der Waals surface area contributed by atoms with E-state index >= 15 is 0 Å². The van der Waals surface area contributed by atoms with Crippen molar-refractivity contribution < 1.29 is 0 Å². The minimum atomic E-state index is 0.491. The lowest BCUT2D eigenvalue weighted by molar-refractivity contribution is 0.644. The van der Waals surface area contributed by atoms with Gasteiger partial charge in [0.05, 0.1) is 12.6 Å². The highest BCUT2D eigenvalue weighted by atomic mass is 32.2. The molecule has 15 heavy (non-hydrogen) atoms. The topological polar surface area (TPSA) is 24.4 Å². The van der Waals surface area contributed by atoms with E-state index in [9.17, 15) is 0 Å². The van der Waals surface area contributed by atoms with E-state index in [1.165, 1.54) is 24.0 Å². The van der Waals surface area contributed by atoms with Crippen molar-refractivity contribution in [2.24, 2.45) is 4.99 Å². The fraction of sp³-hybridized carbons (Fsp3) is 0.417. The molecule has 0 amide bonds. The van der Waals surface area contributed by atoms with E-state index in [1.807, 2.05) is 11.8 Å². The third-order valence-electron chi connectivity index (χ3n) is 3.02. The first-order chi connectivity index (χ1) is 7.43. The van der Waals surface area contributed by atoms with Crippen LogP contribution in [0, 0.1) is 0 Å². The predicted molar refractivity (Wildman–Crippen MR) is 65.4 cm³/mol. The Morgan fingerprint density at radius 2 is 2.27 bits per heavy atom. The van der Waals surface area contributed by atoms with Gasteiger partial charge in [-0.25, -0.2) is 0 Å². The number of aliphatic imine (C=N–C) groups is 1. The van der Waals surface area contributed by atoms with Gasteiger partial charge in [0.1, 0.15) is 0 Å². The molecule has 1 aromatic rings. The van der Waals surface area contributed by atoms with E-state index in [-0.39, 0.29) is 0 Å². The molecule has 78 valence electrons. The van der Waals surface area contributed by atoms with Crippen molar-refractivity contribution in [2.45, 2.75) is 18.9 Å². The second-order valence-corrected chi connectivity index (χ2v) is 5.05. The van der Waals surface area contributed by atoms with E-state index < -0.39 is 0 Å². The Labute approximate surface area is 94.2 Å². The molecule has 1 atom stereocenters. The summed E-state index contributed by atoms with van der Waals surface area (Å²) in [5.41, 5.74) is 2.96. The molecule has 1 N–H and O–H groups in total. The number of thioether (sulfide) groups is 1. The molecule has 1 heterocycles. The number of nitrogens with zero attached hydrogens (tertiary/aromatic N) is 1. The van der Waals surface area contributed by atoms with Crippen LogP contribution in [0.25, 0.3) is 0 Å². The molecular weight excluding hydrogens is 204 g/mol. The molecule has 2 aliphatic rings.